The molecule has 0 radical (unpaired) electrons. The van der Waals surface area contributed by atoms with Crippen LogP contribution in [0.2, 0.25) is 0 Å². The molecular formula is C20H21N3O4. The van der Waals surface area contributed by atoms with Gasteiger partial charge in [-0.3, -0.25) is 4.79 Å². The van der Waals surface area contributed by atoms with Crippen molar-refractivity contribution >= 4 is 17.6 Å². The van der Waals surface area contributed by atoms with E-state index in [0.29, 0.717) is 37.4 Å². The quantitative estimate of drug-likeness (QED) is 0.865. The van der Waals surface area contributed by atoms with Crippen LogP contribution in [0.15, 0.2) is 24.3 Å². The summed E-state index contributed by atoms with van der Waals surface area (Å²) in [6.07, 6.45) is 2.51. The van der Waals surface area contributed by atoms with E-state index in [0.717, 1.165) is 17.0 Å². The van der Waals surface area contributed by atoms with Crippen LogP contribution in [-0.2, 0) is 10.2 Å². The highest BCUT2D eigenvalue weighted by molar-refractivity contribution is 6.07. The lowest BCUT2D eigenvalue weighted by atomic mass is 9.69. The van der Waals surface area contributed by atoms with Crippen molar-refractivity contribution in [1.82, 2.24) is 9.97 Å². The van der Waals surface area contributed by atoms with Crippen LogP contribution in [0.4, 0.5) is 5.69 Å². The summed E-state index contributed by atoms with van der Waals surface area (Å²) in [7, 11) is 0. The number of fused-ring (bicyclic) bond motifs is 2. The fourth-order valence-electron chi connectivity index (χ4n) is 4.14. The first-order valence-corrected chi connectivity index (χ1v) is 9.06. The predicted octanol–water partition coefficient (Wildman–Crippen LogP) is 3.00. The van der Waals surface area contributed by atoms with Gasteiger partial charge in [-0.15, -0.1) is 0 Å². The number of carboxylic acid groups (broad SMARTS) is 1. The van der Waals surface area contributed by atoms with Crippen LogP contribution < -0.4 is 10.1 Å². The van der Waals surface area contributed by atoms with Crippen LogP contribution in [0.3, 0.4) is 0 Å². The summed E-state index contributed by atoms with van der Waals surface area (Å²) < 4.78 is 5.96. The zero-order chi connectivity index (χ0) is 19.2. The lowest BCUT2D eigenvalue weighted by molar-refractivity contribution is -0.122. The van der Waals surface area contributed by atoms with Gasteiger partial charge in [-0.2, -0.15) is 0 Å². The van der Waals surface area contributed by atoms with Gasteiger partial charge in [-0.1, -0.05) is 0 Å². The molecule has 1 spiro atoms. The smallest absolute Gasteiger partial charge is 0.335 e. The number of aryl methyl sites for hydroxylation is 2. The van der Waals surface area contributed by atoms with Crippen molar-refractivity contribution in [3.8, 4) is 6.01 Å². The highest BCUT2D eigenvalue weighted by Crippen LogP contribution is 2.48. The summed E-state index contributed by atoms with van der Waals surface area (Å²) in [6.45, 7) is 3.80. The number of rotatable bonds is 3. The number of nitrogens with one attached hydrogen (secondary N) is 1. The van der Waals surface area contributed by atoms with Crippen LogP contribution in [0, 0.1) is 13.8 Å². The van der Waals surface area contributed by atoms with Crippen LogP contribution in [0.1, 0.15) is 53.0 Å². The van der Waals surface area contributed by atoms with Gasteiger partial charge in [0.15, 0.2) is 0 Å². The van der Waals surface area contributed by atoms with Crippen molar-refractivity contribution in [2.45, 2.75) is 51.0 Å². The average Bonchev–Trinajstić information content (AvgIpc) is 2.87. The number of aromatic carboxylic acids is 1. The maximum Gasteiger partial charge on any atom is 0.335 e. The third-order valence-corrected chi connectivity index (χ3v) is 5.48. The zero-order valence-electron chi connectivity index (χ0n) is 15.3. The second-order valence-electron chi connectivity index (χ2n) is 7.35. The van der Waals surface area contributed by atoms with Crippen molar-refractivity contribution in [1.29, 1.82) is 0 Å². The molecule has 7 nitrogen and oxygen atoms in total. The van der Waals surface area contributed by atoms with Gasteiger partial charge in [0.1, 0.15) is 6.10 Å². The second kappa shape index (κ2) is 6.33. The van der Waals surface area contributed by atoms with Crippen LogP contribution >= 0.6 is 0 Å². The van der Waals surface area contributed by atoms with Gasteiger partial charge in [-0.25, -0.2) is 14.8 Å². The third kappa shape index (κ3) is 3.03. The van der Waals surface area contributed by atoms with Crippen molar-refractivity contribution in [2.24, 2.45) is 0 Å². The summed E-state index contributed by atoms with van der Waals surface area (Å²) in [5, 5.41) is 12.2. The maximum absolute atomic E-state index is 12.7. The van der Waals surface area contributed by atoms with E-state index >= 15 is 0 Å². The van der Waals surface area contributed by atoms with E-state index in [-0.39, 0.29) is 17.6 Å². The van der Waals surface area contributed by atoms with E-state index in [1.807, 2.05) is 19.9 Å². The number of carbonyl (C=O) groups is 2. The molecule has 0 bridgehead atoms. The Morgan fingerprint density at radius 3 is 2.48 bits per heavy atom. The summed E-state index contributed by atoms with van der Waals surface area (Å²) in [5.41, 5.74) is 2.73. The number of amides is 1. The molecule has 7 heteroatoms. The van der Waals surface area contributed by atoms with E-state index in [4.69, 9.17) is 4.74 Å². The Kier molecular flexibility index (Phi) is 4.09. The zero-order valence-corrected chi connectivity index (χ0v) is 15.3. The normalized spacial score (nSPS) is 23.8. The minimum Gasteiger partial charge on any atom is -0.478 e. The van der Waals surface area contributed by atoms with E-state index in [1.54, 1.807) is 12.1 Å². The van der Waals surface area contributed by atoms with E-state index in [1.165, 1.54) is 6.07 Å². The molecule has 1 aromatic heterocycles. The highest BCUT2D eigenvalue weighted by atomic mass is 16.5. The molecule has 0 atom stereocenters. The Morgan fingerprint density at radius 2 is 1.85 bits per heavy atom. The van der Waals surface area contributed by atoms with Crippen LogP contribution in [0.5, 0.6) is 6.01 Å². The third-order valence-electron chi connectivity index (χ3n) is 5.48. The standard InChI is InChI=1S/C20H21N3O4/c1-11-9-12(2)22-19(21-11)27-14-5-7-20(8-6-14)15-10-13(17(24)25)3-4-16(15)23-18(20)26/h3-4,9-10,14H,5-8H2,1-2H3,(H,23,26)(H,24,25)/t14-,20-. The molecule has 0 unspecified atom stereocenters. The monoisotopic (exact) mass is 367 g/mol. The van der Waals surface area contributed by atoms with Crippen molar-refractivity contribution in [3.63, 3.8) is 0 Å². The Bertz CT molecular complexity index is 913. The topological polar surface area (TPSA) is 101 Å². The average molecular weight is 367 g/mol. The number of carbonyl (C=O) groups excluding carboxylic acids is 1. The molecule has 2 N–H and O–H groups in total. The largest absolute Gasteiger partial charge is 0.478 e. The molecule has 1 aliphatic carbocycles. The molecule has 2 aliphatic rings. The number of hydrogen-bond donors (Lipinski definition) is 2. The SMILES string of the molecule is Cc1cc(C)nc(O[C@H]2CC[C@@]3(CC2)C(=O)Nc2ccc(C(=O)O)cc23)n1. The molecule has 0 saturated heterocycles. The minimum atomic E-state index is -0.990. The summed E-state index contributed by atoms with van der Waals surface area (Å²) in [4.78, 5) is 32.7. The molecule has 1 fully saturated rings. The van der Waals surface area contributed by atoms with Gasteiger partial charge in [0.2, 0.25) is 5.91 Å². The van der Waals surface area contributed by atoms with Crippen molar-refractivity contribution in [2.75, 3.05) is 5.32 Å². The summed E-state index contributed by atoms with van der Waals surface area (Å²) >= 11 is 0. The predicted molar refractivity (Wildman–Crippen MR) is 98.1 cm³/mol. The number of benzene rings is 1. The lowest BCUT2D eigenvalue weighted by Gasteiger charge is -2.35. The van der Waals surface area contributed by atoms with Gasteiger partial charge in [0.05, 0.1) is 11.0 Å². The first kappa shape index (κ1) is 17.5. The number of ether oxygens (including phenoxy) is 1. The summed E-state index contributed by atoms with van der Waals surface area (Å²) in [6, 6.07) is 7.09. The second-order valence-corrected chi connectivity index (χ2v) is 7.35. The number of anilines is 1. The Labute approximate surface area is 156 Å². The Balaban J connectivity index is 1.54. The van der Waals surface area contributed by atoms with E-state index < -0.39 is 11.4 Å². The summed E-state index contributed by atoms with van der Waals surface area (Å²) in [5.74, 6) is -1.04. The first-order valence-electron chi connectivity index (χ1n) is 9.06. The number of carboxylic acids is 1. The Morgan fingerprint density at radius 1 is 1.19 bits per heavy atom. The molecule has 140 valence electrons. The van der Waals surface area contributed by atoms with Gasteiger partial charge in [0, 0.05) is 17.1 Å². The van der Waals surface area contributed by atoms with Gasteiger partial charge >= 0.3 is 12.0 Å². The molecule has 1 amide bonds. The number of aromatic nitrogens is 2. The van der Waals surface area contributed by atoms with Crippen molar-refractivity contribution < 1.29 is 19.4 Å². The van der Waals surface area contributed by atoms with E-state index in [9.17, 15) is 14.7 Å². The fourth-order valence-corrected chi connectivity index (χ4v) is 4.14. The van der Waals surface area contributed by atoms with Gasteiger partial charge in [0.25, 0.3) is 0 Å². The lowest BCUT2D eigenvalue weighted by Crippen LogP contribution is -2.41. The fraction of sp³-hybridized carbons (Fsp3) is 0.400. The molecule has 2 heterocycles. The van der Waals surface area contributed by atoms with Crippen LogP contribution in [0.25, 0.3) is 0 Å². The molecular weight excluding hydrogens is 346 g/mol. The van der Waals surface area contributed by atoms with Crippen LogP contribution in [-0.4, -0.2) is 33.1 Å². The van der Waals surface area contributed by atoms with Gasteiger partial charge < -0.3 is 15.2 Å². The molecule has 27 heavy (non-hydrogen) atoms. The molecule has 1 aliphatic heterocycles. The first-order chi connectivity index (χ1) is 12.9. The maximum atomic E-state index is 12.7. The van der Waals surface area contributed by atoms with Gasteiger partial charge in [-0.05, 0) is 69.4 Å². The number of nitrogens with zero attached hydrogens (tertiary/aromatic N) is 2. The minimum absolute atomic E-state index is 0.0545. The highest BCUT2D eigenvalue weighted by Gasteiger charge is 2.49. The molecule has 1 aromatic carbocycles. The number of hydrogen-bond acceptors (Lipinski definition) is 5. The van der Waals surface area contributed by atoms with E-state index in [2.05, 4.69) is 15.3 Å². The molecule has 4 rings (SSSR count). The molecule has 1 saturated carbocycles. The molecule has 2 aromatic rings. The van der Waals surface area contributed by atoms with Crippen molar-refractivity contribution in [3.05, 3.63) is 46.8 Å². The Hall–Kier alpha value is -2.96.